The lowest BCUT2D eigenvalue weighted by atomic mass is 10.1. The first-order valence-electron chi connectivity index (χ1n) is 7.22. The van der Waals surface area contributed by atoms with E-state index in [0.717, 1.165) is 0 Å². The lowest BCUT2D eigenvalue weighted by Gasteiger charge is -2.11. The summed E-state index contributed by atoms with van der Waals surface area (Å²) < 4.78 is 10.2. The van der Waals surface area contributed by atoms with Gasteiger partial charge >= 0.3 is 0 Å². The molecule has 3 N–H and O–H groups in total. The molecule has 132 valence electrons. The van der Waals surface area contributed by atoms with Crippen molar-refractivity contribution in [2.45, 2.75) is 6.42 Å². The smallest absolute Gasteiger partial charge is 0.276 e. The summed E-state index contributed by atoms with van der Waals surface area (Å²) in [6.45, 7) is 0.144. The van der Waals surface area contributed by atoms with Crippen molar-refractivity contribution in [2.75, 3.05) is 26.5 Å². The van der Waals surface area contributed by atoms with Crippen LogP contribution in [0.2, 0.25) is 0 Å². The number of nitrogens with zero attached hydrogens (tertiary/aromatic N) is 3. The molecule has 10 heteroatoms. The third-order valence-electron chi connectivity index (χ3n) is 3.40. The van der Waals surface area contributed by atoms with E-state index in [-0.39, 0.29) is 35.9 Å². The molecule has 0 spiro atoms. The quantitative estimate of drug-likeness (QED) is 0.557. The summed E-state index contributed by atoms with van der Waals surface area (Å²) >= 11 is 0. The van der Waals surface area contributed by atoms with Crippen LogP contribution in [0, 0.1) is 10.1 Å². The number of nitro benzene ring substituents is 1. The molecule has 2 rings (SSSR count). The van der Waals surface area contributed by atoms with Crippen LogP contribution < -0.4 is 20.5 Å². The molecule has 0 saturated heterocycles. The van der Waals surface area contributed by atoms with E-state index in [4.69, 9.17) is 15.2 Å². The third kappa shape index (κ3) is 4.10. The number of rotatable bonds is 7. The summed E-state index contributed by atoms with van der Waals surface area (Å²) in [6.07, 6.45) is 2.94. The van der Waals surface area contributed by atoms with E-state index in [1.807, 2.05) is 0 Å². The highest BCUT2D eigenvalue weighted by Gasteiger charge is 2.20. The van der Waals surface area contributed by atoms with Crippen molar-refractivity contribution >= 4 is 17.4 Å². The molecule has 0 bridgehead atoms. The maximum atomic E-state index is 12.0. The number of hydrogen-bond acceptors (Lipinski definition) is 8. The van der Waals surface area contributed by atoms with Gasteiger partial charge in [0.2, 0.25) is 0 Å². The number of nitrogen functional groups attached to an aromatic ring is 1. The Morgan fingerprint density at radius 1 is 1.24 bits per heavy atom. The number of amides is 1. The van der Waals surface area contributed by atoms with Crippen LogP contribution in [0.25, 0.3) is 0 Å². The summed E-state index contributed by atoms with van der Waals surface area (Å²) in [5.74, 6) is 0.132. The Hall–Kier alpha value is -3.43. The first-order chi connectivity index (χ1) is 12.0. The van der Waals surface area contributed by atoms with Gasteiger partial charge < -0.3 is 20.5 Å². The van der Waals surface area contributed by atoms with E-state index in [2.05, 4.69) is 15.3 Å². The van der Waals surface area contributed by atoms with Gasteiger partial charge in [-0.3, -0.25) is 14.9 Å². The van der Waals surface area contributed by atoms with Gasteiger partial charge in [-0.1, -0.05) is 0 Å². The Morgan fingerprint density at radius 2 is 1.88 bits per heavy atom. The summed E-state index contributed by atoms with van der Waals surface area (Å²) in [5.41, 5.74) is 5.87. The zero-order valence-corrected chi connectivity index (χ0v) is 13.7. The average molecular weight is 347 g/mol. The number of carbonyl (C=O) groups excluding carboxylic acids is 1. The number of hydrogen-bond donors (Lipinski definition) is 2. The first kappa shape index (κ1) is 17.9. The van der Waals surface area contributed by atoms with Crippen molar-refractivity contribution in [3.05, 3.63) is 45.9 Å². The van der Waals surface area contributed by atoms with E-state index in [1.54, 1.807) is 0 Å². The maximum Gasteiger partial charge on any atom is 0.276 e. The molecule has 0 unspecified atom stereocenters. The second kappa shape index (κ2) is 7.90. The van der Waals surface area contributed by atoms with Crippen LogP contribution in [0.1, 0.15) is 16.1 Å². The van der Waals surface area contributed by atoms with Crippen LogP contribution in [-0.2, 0) is 6.42 Å². The van der Waals surface area contributed by atoms with Gasteiger partial charge in [0.25, 0.3) is 11.6 Å². The average Bonchev–Trinajstić information content (AvgIpc) is 2.61. The number of nitro groups is 1. The number of methoxy groups -OCH3 is 2. The van der Waals surface area contributed by atoms with Crippen molar-refractivity contribution in [3.63, 3.8) is 0 Å². The van der Waals surface area contributed by atoms with Gasteiger partial charge in [-0.15, -0.1) is 0 Å². The van der Waals surface area contributed by atoms with Crippen LogP contribution in [0.3, 0.4) is 0 Å². The predicted octanol–water partition coefficient (Wildman–Crippen LogP) is 0.957. The van der Waals surface area contributed by atoms with Crippen LogP contribution in [-0.4, -0.2) is 41.6 Å². The molecule has 0 radical (unpaired) electrons. The lowest BCUT2D eigenvalue weighted by Crippen LogP contribution is -2.27. The molecular formula is C15H17N5O5. The van der Waals surface area contributed by atoms with Crippen molar-refractivity contribution in [3.8, 4) is 11.5 Å². The van der Waals surface area contributed by atoms with Crippen LogP contribution >= 0.6 is 0 Å². The number of benzene rings is 1. The highest BCUT2D eigenvalue weighted by molar-refractivity contribution is 5.96. The summed E-state index contributed by atoms with van der Waals surface area (Å²) in [6, 6.07) is 2.80. The standard InChI is InChI=1S/C15H17N5O5/c1-24-11-7-9(10(20(22)23)8-12(11)25-2)3-4-19-15(21)13-14(16)18-6-5-17-13/h5-8H,3-4H2,1-2H3,(H2,16,18)(H,19,21). The van der Waals surface area contributed by atoms with Crippen molar-refractivity contribution in [1.29, 1.82) is 0 Å². The fourth-order valence-corrected chi connectivity index (χ4v) is 2.20. The zero-order chi connectivity index (χ0) is 18.4. The number of carbonyl (C=O) groups is 1. The van der Waals surface area contributed by atoms with Crippen molar-refractivity contribution in [2.24, 2.45) is 0 Å². The molecular weight excluding hydrogens is 330 g/mol. The van der Waals surface area contributed by atoms with Gasteiger partial charge in [-0.25, -0.2) is 9.97 Å². The molecule has 0 atom stereocenters. The molecule has 0 saturated carbocycles. The molecule has 1 aromatic heterocycles. The fourth-order valence-electron chi connectivity index (χ4n) is 2.20. The highest BCUT2D eigenvalue weighted by atomic mass is 16.6. The first-order valence-corrected chi connectivity index (χ1v) is 7.22. The SMILES string of the molecule is COc1cc(CCNC(=O)c2nccnc2N)c([N+](=O)[O-])cc1OC. The summed E-state index contributed by atoms with van der Waals surface area (Å²) in [7, 11) is 2.83. The fraction of sp³-hybridized carbons (Fsp3) is 0.267. The highest BCUT2D eigenvalue weighted by Crippen LogP contribution is 2.34. The molecule has 1 amide bonds. The van der Waals surface area contributed by atoms with E-state index in [1.165, 1.54) is 38.7 Å². The van der Waals surface area contributed by atoms with Gasteiger partial charge in [-0.2, -0.15) is 0 Å². The Labute approximate surface area is 143 Å². The summed E-state index contributed by atoms with van der Waals surface area (Å²) in [4.78, 5) is 30.4. The third-order valence-corrected chi connectivity index (χ3v) is 3.40. The minimum atomic E-state index is -0.514. The number of anilines is 1. The molecule has 10 nitrogen and oxygen atoms in total. The minimum absolute atomic E-state index is 0.00399. The topological polar surface area (TPSA) is 142 Å². The molecule has 1 aromatic carbocycles. The molecule has 0 fully saturated rings. The maximum absolute atomic E-state index is 12.0. The number of ether oxygens (including phenoxy) is 2. The van der Waals surface area contributed by atoms with E-state index >= 15 is 0 Å². The molecule has 0 aliphatic heterocycles. The van der Waals surface area contributed by atoms with Crippen LogP contribution in [0.15, 0.2) is 24.5 Å². The van der Waals surface area contributed by atoms with Crippen molar-refractivity contribution < 1.29 is 19.2 Å². The Kier molecular flexibility index (Phi) is 5.66. The minimum Gasteiger partial charge on any atom is -0.493 e. The van der Waals surface area contributed by atoms with E-state index in [0.29, 0.717) is 11.3 Å². The normalized spacial score (nSPS) is 10.2. The van der Waals surface area contributed by atoms with Gasteiger partial charge in [-0.05, 0) is 12.5 Å². The predicted molar refractivity (Wildman–Crippen MR) is 88.7 cm³/mol. The molecule has 0 aliphatic rings. The number of nitrogens with one attached hydrogen (secondary N) is 1. The van der Waals surface area contributed by atoms with Gasteiger partial charge in [0.15, 0.2) is 23.0 Å². The van der Waals surface area contributed by atoms with Crippen LogP contribution in [0.5, 0.6) is 11.5 Å². The lowest BCUT2D eigenvalue weighted by molar-refractivity contribution is -0.385. The van der Waals surface area contributed by atoms with Gasteiger partial charge in [0, 0.05) is 24.5 Å². The largest absolute Gasteiger partial charge is 0.493 e. The Morgan fingerprint density at radius 3 is 2.48 bits per heavy atom. The van der Waals surface area contributed by atoms with Gasteiger partial charge in [0.05, 0.1) is 25.2 Å². The van der Waals surface area contributed by atoms with E-state index in [9.17, 15) is 14.9 Å². The van der Waals surface area contributed by atoms with Crippen LogP contribution in [0.4, 0.5) is 11.5 Å². The number of nitrogens with two attached hydrogens (primary N) is 1. The Bertz CT molecular complexity index is 796. The molecule has 1 heterocycles. The monoisotopic (exact) mass is 347 g/mol. The molecule has 25 heavy (non-hydrogen) atoms. The second-order valence-corrected chi connectivity index (χ2v) is 4.89. The molecule has 2 aromatic rings. The summed E-state index contributed by atoms with van der Waals surface area (Å²) in [5, 5.41) is 13.8. The van der Waals surface area contributed by atoms with Gasteiger partial charge in [0.1, 0.15) is 0 Å². The number of aromatic nitrogens is 2. The second-order valence-electron chi connectivity index (χ2n) is 4.89. The molecule has 0 aliphatic carbocycles. The van der Waals surface area contributed by atoms with Crippen molar-refractivity contribution in [1.82, 2.24) is 15.3 Å². The zero-order valence-electron chi connectivity index (χ0n) is 13.7. The Balaban J connectivity index is 2.13. The van der Waals surface area contributed by atoms with E-state index < -0.39 is 10.8 Å².